The second-order valence-corrected chi connectivity index (χ2v) is 8.87. The number of hydrogen-bond donors (Lipinski definition) is 2. The summed E-state index contributed by atoms with van der Waals surface area (Å²) in [5, 5.41) is 22.6. The molecule has 3 rings (SSSR count). The Labute approximate surface area is 181 Å². The molecule has 2 N–H and O–H groups in total. The highest BCUT2D eigenvalue weighted by Crippen LogP contribution is 2.50. The van der Waals surface area contributed by atoms with Crippen LogP contribution in [0.3, 0.4) is 0 Å². The van der Waals surface area contributed by atoms with E-state index < -0.39 is 0 Å². The molecular weight excluding hydrogens is 370 g/mol. The topological polar surface area (TPSA) is 53.4 Å². The van der Waals surface area contributed by atoms with Crippen molar-refractivity contribution in [2.45, 2.75) is 72.1 Å². The Morgan fingerprint density at radius 3 is 2.63 bits per heavy atom. The van der Waals surface area contributed by atoms with Gasteiger partial charge in [0, 0.05) is 28.9 Å². The van der Waals surface area contributed by atoms with Gasteiger partial charge in [-0.1, -0.05) is 43.6 Å². The third kappa shape index (κ3) is 4.61. The molecule has 1 aromatic heterocycles. The summed E-state index contributed by atoms with van der Waals surface area (Å²) in [7, 11) is 0. The number of allylic oxidation sites excluding steroid dienone is 3. The molecule has 1 heterocycles. The number of aryl methyl sites for hydroxylation is 2. The fraction of sp³-hybridized carbons (Fsp3) is 0.444. The molecule has 30 heavy (non-hydrogen) atoms. The lowest BCUT2D eigenvalue weighted by atomic mass is 9.73. The number of unbranched alkanes of at least 4 members (excludes halogenated alkanes) is 2. The minimum atomic E-state index is -0.0670. The van der Waals surface area contributed by atoms with Crippen LogP contribution in [0.5, 0.6) is 11.5 Å². The molecule has 3 heteroatoms. The molecule has 0 saturated heterocycles. The second-order valence-electron chi connectivity index (χ2n) is 8.87. The third-order valence-electron chi connectivity index (χ3n) is 6.35. The van der Waals surface area contributed by atoms with E-state index in [1.807, 2.05) is 32.0 Å². The zero-order valence-electron chi connectivity index (χ0n) is 18.8. The van der Waals surface area contributed by atoms with E-state index in [-0.39, 0.29) is 23.3 Å². The summed E-state index contributed by atoms with van der Waals surface area (Å²) in [6, 6.07) is 5.84. The average Bonchev–Trinajstić information content (AvgIpc) is 2.68. The Morgan fingerprint density at radius 1 is 1.20 bits per heavy atom. The lowest BCUT2D eigenvalue weighted by molar-refractivity contribution is 0.407. The number of rotatable bonds is 7. The maximum Gasteiger partial charge on any atom is 0.131 e. The number of benzene rings is 1. The first-order chi connectivity index (χ1) is 14.3. The number of phenolic OH excluding ortho intramolecular Hbond substituents is 2. The Balaban J connectivity index is 2.21. The van der Waals surface area contributed by atoms with E-state index in [2.05, 4.69) is 31.5 Å². The van der Waals surface area contributed by atoms with Gasteiger partial charge in [-0.05, 0) is 81.7 Å². The van der Waals surface area contributed by atoms with Gasteiger partial charge in [0.2, 0.25) is 0 Å². The number of aromatic hydroxyl groups is 2. The van der Waals surface area contributed by atoms with E-state index in [4.69, 9.17) is 0 Å². The molecule has 0 fully saturated rings. The first-order valence-electron chi connectivity index (χ1n) is 11.2. The van der Waals surface area contributed by atoms with Crippen molar-refractivity contribution in [3.05, 3.63) is 65.0 Å². The zero-order valence-corrected chi connectivity index (χ0v) is 18.8. The van der Waals surface area contributed by atoms with Gasteiger partial charge in [0.1, 0.15) is 11.5 Å². The molecule has 0 amide bonds. The molecule has 2 aromatic rings. The van der Waals surface area contributed by atoms with Crippen molar-refractivity contribution < 1.29 is 10.2 Å². The number of phenols is 2. The molecule has 0 aliphatic heterocycles. The Kier molecular flexibility index (Phi) is 7.02. The van der Waals surface area contributed by atoms with E-state index in [1.165, 1.54) is 5.57 Å². The van der Waals surface area contributed by atoms with E-state index in [0.29, 0.717) is 5.56 Å². The molecular formula is C27H35NO2. The van der Waals surface area contributed by atoms with Crippen LogP contribution in [0, 0.1) is 12.8 Å². The van der Waals surface area contributed by atoms with Gasteiger partial charge in [-0.3, -0.25) is 4.98 Å². The Bertz CT molecular complexity index is 958. The summed E-state index contributed by atoms with van der Waals surface area (Å²) >= 11 is 0. The highest BCUT2D eigenvalue weighted by atomic mass is 16.3. The molecule has 1 aliphatic rings. The smallest absolute Gasteiger partial charge is 0.131 e. The minimum Gasteiger partial charge on any atom is -0.507 e. The monoisotopic (exact) mass is 405 g/mol. The lowest BCUT2D eigenvalue weighted by Gasteiger charge is -2.32. The molecule has 0 spiro atoms. The van der Waals surface area contributed by atoms with Crippen LogP contribution in [-0.4, -0.2) is 15.2 Å². The fourth-order valence-corrected chi connectivity index (χ4v) is 4.74. The largest absolute Gasteiger partial charge is 0.507 e. The van der Waals surface area contributed by atoms with Crippen molar-refractivity contribution in [2.75, 3.05) is 0 Å². The van der Waals surface area contributed by atoms with Crippen molar-refractivity contribution in [1.82, 2.24) is 4.98 Å². The molecule has 1 aliphatic carbocycles. The first-order valence-corrected chi connectivity index (χ1v) is 11.2. The van der Waals surface area contributed by atoms with Gasteiger partial charge in [0.25, 0.3) is 0 Å². The van der Waals surface area contributed by atoms with Crippen molar-refractivity contribution in [3.8, 4) is 22.6 Å². The van der Waals surface area contributed by atoms with Crippen molar-refractivity contribution >= 4 is 0 Å². The average molecular weight is 406 g/mol. The minimum absolute atomic E-state index is 0.0670. The van der Waals surface area contributed by atoms with Gasteiger partial charge in [0.05, 0.1) is 0 Å². The van der Waals surface area contributed by atoms with Crippen LogP contribution >= 0.6 is 0 Å². The van der Waals surface area contributed by atoms with Crippen LogP contribution in [0.15, 0.2) is 48.2 Å². The molecule has 0 bridgehead atoms. The maximum atomic E-state index is 11.6. The van der Waals surface area contributed by atoms with Crippen LogP contribution in [0.1, 0.15) is 75.6 Å². The summed E-state index contributed by atoms with van der Waals surface area (Å²) in [5.74, 6) is 0.538. The van der Waals surface area contributed by atoms with E-state index in [0.717, 1.165) is 66.5 Å². The number of hydrogen-bond acceptors (Lipinski definition) is 3. The second kappa shape index (κ2) is 9.51. The van der Waals surface area contributed by atoms with Gasteiger partial charge in [-0.2, -0.15) is 0 Å². The van der Waals surface area contributed by atoms with Gasteiger partial charge >= 0.3 is 0 Å². The highest BCUT2D eigenvalue weighted by molar-refractivity contribution is 5.78. The lowest BCUT2D eigenvalue weighted by Crippen LogP contribution is -2.17. The molecule has 160 valence electrons. The zero-order chi connectivity index (χ0) is 21.8. The van der Waals surface area contributed by atoms with E-state index >= 15 is 0 Å². The molecule has 0 unspecified atom stereocenters. The van der Waals surface area contributed by atoms with Gasteiger partial charge in [0.15, 0.2) is 0 Å². The van der Waals surface area contributed by atoms with Gasteiger partial charge < -0.3 is 10.2 Å². The third-order valence-corrected chi connectivity index (χ3v) is 6.35. The highest BCUT2D eigenvalue weighted by Gasteiger charge is 2.32. The molecule has 1 aromatic carbocycles. The van der Waals surface area contributed by atoms with Crippen LogP contribution in [0.25, 0.3) is 11.1 Å². The predicted octanol–water partition coefficient (Wildman–Crippen LogP) is 7.22. The quantitative estimate of drug-likeness (QED) is 0.378. The van der Waals surface area contributed by atoms with Crippen molar-refractivity contribution in [1.29, 1.82) is 0 Å². The molecule has 3 nitrogen and oxygen atoms in total. The van der Waals surface area contributed by atoms with Crippen LogP contribution in [0.2, 0.25) is 0 Å². The molecule has 2 atom stereocenters. The Morgan fingerprint density at radius 2 is 1.97 bits per heavy atom. The standard InChI is InChI=1S/C27H35NO2/c1-6-7-8-9-20-16-24(29)26(23-14-18(4)10-11-22(23)17(2)3)27(30)25(20)21-12-13-28-19(5)15-21/h12-16,22-23,29-30H,2,6-11H2,1,3-5H3/t22-,23+/m0/s1. The van der Waals surface area contributed by atoms with Gasteiger partial charge in [-0.15, -0.1) is 0 Å². The molecule has 0 saturated carbocycles. The summed E-state index contributed by atoms with van der Waals surface area (Å²) in [4.78, 5) is 4.32. The van der Waals surface area contributed by atoms with Gasteiger partial charge in [-0.25, -0.2) is 0 Å². The normalized spacial score (nSPS) is 18.9. The summed E-state index contributed by atoms with van der Waals surface area (Å²) < 4.78 is 0. The molecule has 0 radical (unpaired) electrons. The Hall–Kier alpha value is -2.55. The maximum absolute atomic E-state index is 11.6. The van der Waals surface area contributed by atoms with Crippen LogP contribution < -0.4 is 0 Å². The van der Waals surface area contributed by atoms with Crippen LogP contribution in [0.4, 0.5) is 0 Å². The van der Waals surface area contributed by atoms with Crippen molar-refractivity contribution in [2.24, 2.45) is 5.92 Å². The van der Waals surface area contributed by atoms with E-state index in [1.54, 1.807) is 6.20 Å². The number of aromatic nitrogens is 1. The summed E-state index contributed by atoms with van der Waals surface area (Å²) in [6.45, 7) is 12.5. The number of nitrogens with zero attached hydrogens (tertiary/aromatic N) is 1. The summed E-state index contributed by atoms with van der Waals surface area (Å²) in [5.41, 5.74) is 6.72. The first kappa shape index (κ1) is 22.1. The van der Waals surface area contributed by atoms with Crippen LogP contribution in [-0.2, 0) is 6.42 Å². The predicted molar refractivity (Wildman–Crippen MR) is 125 cm³/mol. The fourth-order valence-electron chi connectivity index (χ4n) is 4.74. The summed E-state index contributed by atoms with van der Waals surface area (Å²) in [6.07, 6.45) is 10.1. The SMILES string of the molecule is C=C(C)[C@@H]1CCC(C)=C[C@H]1c1c(O)cc(CCCCC)c(-c2ccnc(C)c2)c1O. The number of pyridine rings is 1. The van der Waals surface area contributed by atoms with Crippen molar-refractivity contribution in [3.63, 3.8) is 0 Å². The van der Waals surface area contributed by atoms with E-state index in [9.17, 15) is 10.2 Å².